The van der Waals surface area contributed by atoms with E-state index in [0.29, 0.717) is 19.6 Å². The molecular weight excluding hydrogens is 648 g/mol. The number of benzene rings is 4. The summed E-state index contributed by atoms with van der Waals surface area (Å²) >= 11 is 0. The maximum Gasteiger partial charge on any atom is 0.189 e. The largest absolute Gasteiger partial charge is 0.388 e. The van der Waals surface area contributed by atoms with Gasteiger partial charge in [0.2, 0.25) is 0 Å². The smallest absolute Gasteiger partial charge is 0.189 e. The summed E-state index contributed by atoms with van der Waals surface area (Å²) in [6, 6.07) is 39.3. The number of aliphatic hydroxyl groups excluding tert-OH is 2. The number of hydrogen-bond donors (Lipinski definition) is 2. The predicted octanol–water partition coefficient (Wildman–Crippen LogP) is 6.19. The van der Waals surface area contributed by atoms with Crippen LogP contribution >= 0.6 is 0 Å². The normalized spacial score (nSPS) is 29.5. The highest BCUT2D eigenvalue weighted by molar-refractivity contribution is 5.16. The van der Waals surface area contributed by atoms with E-state index in [-0.39, 0.29) is 19.8 Å². The first-order valence-corrected chi connectivity index (χ1v) is 17.9. The van der Waals surface area contributed by atoms with E-state index in [1.165, 1.54) is 0 Å². The second kappa shape index (κ2) is 18.8. The van der Waals surface area contributed by atoms with E-state index in [0.717, 1.165) is 22.3 Å². The third-order valence-corrected chi connectivity index (χ3v) is 9.51. The van der Waals surface area contributed by atoms with Gasteiger partial charge in [0.1, 0.15) is 30.5 Å². The van der Waals surface area contributed by atoms with Crippen molar-refractivity contribution < 1.29 is 43.4 Å². The Balaban J connectivity index is 1.23. The Morgan fingerprint density at radius 2 is 0.922 bits per heavy atom. The molecule has 0 aliphatic carbocycles. The fourth-order valence-corrected chi connectivity index (χ4v) is 6.60. The molecule has 0 saturated carbocycles. The van der Waals surface area contributed by atoms with Gasteiger partial charge in [-0.15, -0.1) is 0 Å². The first-order chi connectivity index (χ1) is 25.0. The fraction of sp³-hybridized carbons (Fsp3) is 0.429. The van der Waals surface area contributed by atoms with Crippen molar-refractivity contribution in [2.75, 3.05) is 6.61 Å². The molecule has 2 saturated heterocycles. The van der Waals surface area contributed by atoms with Crippen molar-refractivity contribution in [3.05, 3.63) is 144 Å². The molecule has 0 radical (unpaired) electrons. The van der Waals surface area contributed by atoms with Crippen LogP contribution in [0.3, 0.4) is 0 Å². The maximum atomic E-state index is 11.6. The fourth-order valence-electron chi connectivity index (χ4n) is 6.60. The van der Waals surface area contributed by atoms with Gasteiger partial charge in [0.25, 0.3) is 0 Å². The maximum absolute atomic E-state index is 11.6. The molecule has 4 aromatic carbocycles. The molecule has 2 N–H and O–H groups in total. The zero-order chi connectivity index (χ0) is 35.4. The molecule has 9 heteroatoms. The molecule has 0 spiro atoms. The molecule has 4 aromatic rings. The minimum absolute atomic E-state index is 0.117. The molecule has 2 heterocycles. The van der Waals surface area contributed by atoms with Gasteiger partial charge in [-0.3, -0.25) is 0 Å². The lowest BCUT2D eigenvalue weighted by Crippen LogP contribution is -2.62. The SMILES string of the molecule is CCC1O[C@H](O[C@H]2O[C@H](COCc3ccccc3)[C@@H](O)C(OCc3ccccc3)C2C)C(OCc2ccccc2)[C@@H](OCc2ccccc2)[C@@H]1O. The van der Waals surface area contributed by atoms with Crippen molar-refractivity contribution in [1.82, 2.24) is 0 Å². The van der Waals surface area contributed by atoms with Gasteiger partial charge in [-0.2, -0.15) is 0 Å². The number of ether oxygens (including phenoxy) is 7. The van der Waals surface area contributed by atoms with Crippen LogP contribution in [0.5, 0.6) is 0 Å². The van der Waals surface area contributed by atoms with Crippen LogP contribution < -0.4 is 0 Å². The summed E-state index contributed by atoms with van der Waals surface area (Å²) in [6.07, 6.45) is -6.80. The van der Waals surface area contributed by atoms with Crippen LogP contribution in [-0.4, -0.2) is 72.1 Å². The van der Waals surface area contributed by atoms with Crippen molar-refractivity contribution in [3.8, 4) is 0 Å². The van der Waals surface area contributed by atoms with Crippen LogP contribution in [0.25, 0.3) is 0 Å². The quantitative estimate of drug-likeness (QED) is 0.142. The lowest BCUT2D eigenvalue weighted by molar-refractivity contribution is -0.378. The van der Waals surface area contributed by atoms with Crippen molar-refractivity contribution in [1.29, 1.82) is 0 Å². The topological polar surface area (TPSA) is 105 Å². The lowest BCUT2D eigenvalue weighted by atomic mass is 9.91. The number of hydrogen-bond acceptors (Lipinski definition) is 9. The number of aliphatic hydroxyl groups is 2. The van der Waals surface area contributed by atoms with Gasteiger partial charge >= 0.3 is 0 Å². The minimum atomic E-state index is -0.982. The Morgan fingerprint density at radius 3 is 1.41 bits per heavy atom. The van der Waals surface area contributed by atoms with Gasteiger partial charge in [0, 0.05) is 5.92 Å². The molecule has 51 heavy (non-hydrogen) atoms. The van der Waals surface area contributed by atoms with E-state index < -0.39 is 61.2 Å². The average molecular weight is 699 g/mol. The first-order valence-electron chi connectivity index (χ1n) is 17.9. The first kappa shape index (κ1) is 37.3. The van der Waals surface area contributed by atoms with E-state index in [9.17, 15) is 10.2 Å². The molecule has 0 amide bonds. The highest BCUT2D eigenvalue weighted by Crippen LogP contribution is 2.35. The molecule has 6 rings (SSSR count). The summed E-state index contributed by atoms with van der Waals surface area (Å²) in [5, 5.41) is 23.2. The van der Waals surface area contributed by atoms with Gasteiger partial charge < -0.3 is 43.4 Å². The summed E-state index contributed by atoms with van der Waals surface area (Å²) in [4.78, 5) is 0. The molecule has 10 atom stereocenters. The van der Waals surface area contributed by atoms with E-state index in [4.69, 9.17) is 33.2 Å². The minimum Gasteiger partial charge on any atom is -0.388 e. The number of rotatable bonds is 16. The van der Waals surface area contributed by atoms with Gasteiger partial charge in [0.15, 0.2) is 12.6 Å². The molecule has 272 valence electrons. The summed E-state index contributed by atoms with van der Waals surface area (Å²) in [5.41, 5.74) is 3.93. The second-order valence-corrected chi connectivity index (χ2v) is 13.3. The standard InChI is InChI=1S/C42H50O9/c1-3-34-36(43)39(47-26-32-20-12-6-13-21-32)40(48-27-33-22-14-7-15-23-33)42(49-34)51-41-29(2)38(46-25-31-18-10-5-11-19-31)37(44)35(50-41)28-45-24-30-16-8-4-9-17-30/h4-23,29,34-44H,3,24-28H2,1-2H3/t29?,34?,35-,36-,37-,38?,39+,40?,41-,42-/m1/s1. The van der Waals surface area contributed by atoms with Crippen LogP contribution in [0.1, 0.15) is 42.5 Å². The Labute approximate surface area is 301 Å². The van der Waals surface area contributed by atoms with E-state index in [2.05, 4.69) is 0 Å². The Hall–Kier alpha value is -3.48. The predicted molar refractivity (Wildman–Crippen MR) is 191 cm³/mol. The molecule has 0 bridgehead atoms. The Kier molecular flexibility index (Phi) is 13.8. The van der Waals surface area contributed by atoms with Crippen molar-refractivity contribution in [2.24, 2.45) is 5.92 Å². The third kappa shape index (κ3) is 10.1. The Bertz CT molecular complexity index is 1540. The molecule has 2 aliphatic rings. The van der Waals surface area contributed by atoms with E-state index in [1.54, 1.807) is 0 Å². The second-order valence-electron chi connectivity index (χ2n) is 13.3. The van der Waals surface area contributed by atoms with E-state index in [1.807, 2.05) is 135 Å². The summed E-state index contributed by atoms with van der Waals surface area (Å²) < 4.78 is 45.1. The van der Waals surface area contributed by atoms with E-state index >= 15 is 0 Å². The van der Waals surface area contributed by atoms with Gasteiger partial charge in [-0.05, 0) is 28.7 Å². The summed E-state index contributed by atoms with van der Waals surface area (Å²) in [5.74, 6) is -0.414. The molecule has 2 fully saturated rings. The highest BCUT2D eigenvalue weighted by atomic mass is 16.8. The lowest BCUT2D eigenvalue weighted by Gasteiger charge is -2.48. The third-order valence-electron chi connectivity index (χ3n) is 9.51. The van der Waals surface area contributed by atoms with Crippen molar-refractivity contribution in [2.45, 2.75) is 102 Å². The molecule has 0 aromatic heterocycles. The van der Waals surface area contributed by atoms with Gasteiger partial charge in [-0.25, -0.2) is 0 Å². The van der Waals surface area contributed by atoms with Crippen molar-refractivity contribution in [3.63, 3.8) is 0 Å². The Morgan fingerprint density at radius 1 is 0.510 bits per heavy atom. The van der Waals surface area contributed by atoms with Crippen LogP contribution in [-0.2, 0) is 59.6 Å². The van der Waals surface area contributed by atoms with Crippen LogP contribution in [0.2, 0.25) is 0 Å². The monoisotopic (exact) mass is 698 g/mol. The summed E-state index contributed by atoms with van der Waals surface area (Å²) in [6.45, 7) is 5.20. The molecule has 9 nitrogen and oxygen atoms in total. The van der Waals surface area contributed by atoms with Crippen molar-refractivity contribution >= 4 is 0 Å². The highest BCUT2D eigenvalue weighted by Gasteiger charge is 2.51. The molecule has 2 aliphatic heterocycles. The summed E-state index contributed by atoms with van der Waals surface area (Å²) in [7, 11) is 0. The van der Waals surface area contributed by atoms with Crippen LogP contribution in [0, 0.1) is 5.92 Å². The zero-order valence-electron chi connectivity index (χ0n) is 29.3. The van der Waals surface area contributed by atoms with Crippen LogP contribution in [0.15, 0.2) is 121 Å². The average Bonchev–Trinajstić information content (AvgIpc) is 3.17. The van der Waals surface area contributed by atoms with Crippen LogP contribution in [0.4, 0.5) is 0 Å². The van der Waals surface area contributed by atoms with Gasteiger partial charge in [0.05, 0.1) is 45.2 Å². The molecular formula is C42H50O9. The molecule has 4 unspecified atom stereocenters. The zero-order valence-corrected chi connectivity index (χ0v) is 29.3. The van der Waals surface area contributed by atoms with Gasteiger partial charge in [-0.1, -0.05) is 135 Å².